The van der Waals surface area contributed by atoms with E-state index in [1.807, 2.05) is 17.5 Å². The summed E-state index contributed by atoms with van der Waals surface area (Å²) in [5.41, 5.74) is 1.11. The van der Waals surface area contributed by atoms with Crippen molar-refractivity contribution in [2.75, 3.05) is 18.0 Å². The number of rotatable bonds is 3. The smallest absolute Gasteiger partial charge is 0.270 e. The predicted molar refractivity (Wildman–Crippen MR) is 90.3 cm³/mol. The molecule has 1 aliphatic rings. The number of fused-ring (bicyclic) bond motifs is 1. The molecule has 128 valence electrons. The molecule has 1 atom stereocenters. The van der Waals surface area contributed by atoms with E-state index in [1.165, 1.54) is 6.33 Å². The topological polar surface area (TPSA) is 101 Å². The lowest BCUT2D eigenvalue weighted by molar-refractivity contribution is 0.0928. The van der Waals surface area contributed by atoms with Crippen molar-refractivity contribution in [1.29, 1.82) is 0 Å². The summed E-state index contributed by atoms with van der Waals surface area (Å²) in [6, 6.07) is 1.64. The number of amides is 1. The van der Waals surface area contributed by atoms with Gasteiger partial charge in [0.05, 0.1) is 0 Å². The summed E-state index contributed by atoms with van der Waals surface area (Å²) in [5.74, 6) is 1.44. The second-order valence-corrected chi connectivity index (χ2v) is 6.04. The van der Waals surface area contributed by atoms with Gasteiger partial charge in [-0.05, 0) is 25.8 Å². The van der Waals surface area contributed by atoms with Crippen molar-refractivity contribution < 1.29 is 4.79 Å². The molecule has 4 rings (SSSR count). The fraction of sp³-hybridized carbons (Fsp3) is 0.375. The molecule has 1 amide bonds. The van der Waals surface area contributed by atoms with Crippen LogP contribution < -0.4 is 10.2 Å². The maximum Gasteiger partial charge on any atom is 0.270 e. The lowest BCUT2D eigenvalue weighted by Gasteiger charge is -2.33. The summed E-state index contributed by atoms with van der Waals surface area (Å²) in [6.45, 7) is 3.46. The Bertz CT molecular complexity index is 894. The van der Waals surface area contributed by atoms with Crippen LogP contribution >= 0.6 is 0 Å². The Labute approximate surface area is 144 Å². The molecule has 0 radical (unpaired) electrons. The van der Waals surface area contributed by atoms with Gasteiger partial charge in [0.2, 0.25) is 5.65 Å². The first kappa shape index (κ1) is 15.4. The van der Waals surface area contributed by atoms with Gasteiger partial charge in [-0.25, -0.2) is 15.0 Å². The van der Waals surface area contributed by atoms with Crippen LogP contribution in [-0.4, -0.2) is 54.6 Å². The van der Waals surface area contributed by atoms with Crippen LogP contribution in [-0.2, 0) is 0 Å². The number of carbonyl (C=O) groups is 1. The highest BCUT2D eigenvalue weighted by Gasteiger charge is 2.25. The number of hydrogen-bond donors (Lipinski definition) is 1. The maximum atomic E-state index is 12.3. The average Bonchev–Trinajstić information content (AvgIpc) is 3.04. The zero-order chi connectivity index (χ0) is 17.2. The van der Waals surface area contributed by atoms with E-state index in [4.69, 9.17) is 0 Å². The molecule has 9 nitrogen and oxygen atoms in total. The van der Waals surface area contributed by atoms with Crippen LogP contribution in [0.1, 0.15) is 29.2 Å². The third-order valence-electron chi connectivity index (χ3n) is 4.35. The number of aryl methyl sites for hydroxylation is 1. The zero-order valence-corrected chi connectivity index (χ0v) is 13.8. The van der Waals surface area contributed by atoms with Crippen LogP contribution in [0, 0.1) is 6.92 Å². The maximum absolute atomic E-state index is 12.3. The third kappa shape index (κ3) is 3.00. The number of nitrogens with zero attached hydrogens (tertiary/aromatic N) is 7. The highest BCUT2D eigenvalue weighted by molar-refractivity contribution is 5.92. The fourth-order valence-corrected chi connectivity index (χ4v) is 3.12. The molecular formula is C16H18N8O. The minimum Gasteiger partial charge on any atom is -0.351 e. The van der Waals surface area contributed by atoms with Gasteiger partial charge in [-0.1, -0.05) is 0 Å². The number of nitrogens with one attached hydrogen (secondary N) is 1. The van der Waals surface area contributed by atoms with Crippen molar-refractivity contribution in [2.45, 2.75) is 25.8 Å². The standard InChI is InChI=1S/C16H18N8O/c1-11-21-22-15-14(18-6-8-24(11)15)23-7-2-3-12(9-23)20-16(25)13-4-5-17-10-19-13/h4-6,8,10,12H,2-3,7,9H2,1H3,(H,20,25). The normalized spacial score (nSPS) is 17.6. The van der Waals surface area contributed by atoms with Gasteiger partial charge in [-0.2, -0.15) is 0 Å². The molecule has 25 heavy (non-hydrogen) atoms. The number of carbonyl (C=O) groups excluding carboxylic acids is 1. The summed E-state index contributed by atoms with van der Waals surface area (Å²) in [5, 5.41) is 11.4. The van der Waals surface area contributed by atoms with Crippen molar-refractivity contribution in [1.82, 2.24) is 34.9 Å². The molecule has 1 saturated heterocycles. The molecule has 3 aromatic rings. The lowest BCUT2D eigenvalue weighted by Crippen LogP contribution is -2.48. The molecule has 0 aromatic carbocycles. The highest BCUT2D eigenvalue weighted by Crippen LogP contribution is 2.22. The third-order valence-corrected chi connectivity index (χ3v) is 4.35. The molecule has 0 saturated carbocycles. The van der Waals surface area contributed by atoms with E-state index >= 15 is 0 Å². The molecule has 1 fully saturated rings. The largest absolute Gasteiger partial charge is 0.351 e. The van der Waals surface area contributed by atoms with E-state index < -0.39 is 0 Å². The van der Waals surface area contributed by atoms with Crippen LogP contribution in [0.2, 0.25) is 0 Å². The van der Waals surface area contributed by atoms with Crippen molar-refractivity contribution >= 4 is 17.4 Å². The summed E-state index contributed by atoms with van der Waals surface area (Å²) in [6.07, 6.45) is 8.43. The number of hydrogen-bond acceptors (Lipinski definition) is 7. The lowest BCUT2D eigenvalue weighted by atomic mass is 10.1. The van der Waals surface area contributed by atoms with Gasteiger partial charge in [-0.3, -0.25) is 9.20 Å². The molecule has 0 bridgehead atoms. The number of anilines is 1. The highest BCUT2D eigenvalue weighted by atomic mass is 16.1. The van der Waals surface area contributed by atoms with Gasteiger partial charge in [0.15, 0.2) is 5.82 Å². The number of piperidine rings is 1. The van der Waals surface area contributed by atoms with Crippen molar-refractivity contribution in [3.8, 4) is 0 Å². The first-order valence-electron chi connectivity index (χ1n) is 8.20. The number of aromatic nitrogens is 6. The van der Waals surface area contributed by atoms with Crippen molar-refractivity contribution in [2.24, 2.45) is 0 Å². The van der Waals surface area contributed by atoms with Gasteiger partial charge in [0, 0.05) is 37.7 Å². The molecular weight excluding hydrogens is 320 g/mol. The van der Waals surface area contributed by atoms with Gasteiger partial charge in [0.25, 0.3) is 5.91 Å². The van der Waals surface area contributed by atoms with Crippen LogP contribution in [0.5, 0.6) is 0 Å². The molecule has 0 aliphatic carbocycles. The Morgan fingerprint density at radius 3 is 3.04 bits per heavy atom. The van der Waals surface area contributed by atoms with Crippen LogP contribution in [0.15, 0.2) is 31.0 Å². The van der Waals surface area contributed by atoms with Crippen molar-refractivity contribution in [3.05, 3.63) is 42.5 Å². The van der Waals surface area contributed by atoms with E-state index in [9.17, 15) is 4.79 Å². The van der Waals surface area contributed by atoms with Gasteiger partial charge in [-0.15, -0.1) is 10.2 Å². The molecule has 1 unspecified atom stereocenters. The summed E-state index contributed by atoms with van der Waals surface area (Å²) in [7, 11) is 0. The second-order valence-electron chi connectivity index (χ2n) is 6.04. The Morgan fingerprint density at radius 2 is 2.20 bits per heavy atom. The predicted octanol–water partition coefficient (Wildman–Crippen LogP) is 0.622. The van der Waals surface area contributed by atoms with Gasteiger partial charge >= 0.3 is 0 Å². The molecule has 9 heteroatoms. The zero-order valence-electron chi connectivity index (χ0n) is 13.8. The first-order valence-corrected chi connectivity index (χ1v) is 8.20. The molecule has 1 aliphatic heterocycles. The van der Waals surface area contributed by atoms with E-state index in [2.05, 4.69) is 35.4 Å². The summed E-state index contributed by atoms with van der Waals surface area (Å²) >= 11 is 0. The first-order chi connectivity index (χ1) is 12.2. The van der Waals surface area contributed by atoms with Gasteiger partial charge < -0.3 is 10.2 Å². The Hall–Kier alpha value is -3.10. The average molecular weight is 338 g/mol. The van der Waals surface area contributed by atoms with Crippen molar-refractivity contribution in [3.63, 3.8) is 0 Å². The minimum atomic E-state index is -0.182. The van der Waals surface area contributed by atoms with Crippen LogP contribution in [0.25, 0.3) is 5.65 Å². The fourth-order valence-electron chi connectivity index (χ4n) is 3.12. The van der Waals surface area contributed by atoms with E-state index in [1.54, 1.807) is 18.5 Å². The summed E-state index contributed by atoms with van der Waals surface area (Å²) in [4.78, 5) is 26.8. The summed E-state index contributed by atoms with van der Waals surface area (Å²) < 4.78 is 1.92. The van der Waals surface area contributed by atoms with Gasteiger partial charge in [0.1, 0.15) is 17.8 Å². The second kappa shape index (κ2) is 6.42. The Balaban J connectivity index is 1.52. The van der Waals surface area contributed by atoms with Crippen LogP contribution in [0.3, 0.4) is 0 Å². The monoisotopic (exact) mass is 338 g/mol. The van der Waals surface area contributed by atoms with E-state index in [0.29, 0.717) is 12.2 Å². The molecule has 4 heterocycles. The molecule has 0 spiro atoms. The van der Waals surface area contributed by atoms with E-state index in [-0.39, 0.29) is 11.9 Å². The Morgan fingerprint density at radius 1 is 1.28 bits per heavy atom. The quantitative estimate of drug-likeness (QED) is 0.747. The van der Waals surface area contributed by atoms with Crippen LogP contribution in [0.4, 0.5) is 5.82 Å². The van der Waals surface area contributed by atoms with E-state index in [0.717, 1.165) is 36.7 Å². The SMILES string of the molecule is Cc1nnc2c(N3CCCC(NC(=O)c4ccncn4)C3)nccn12. The molecule has 3 aromatic heterocycles. The minimum absolute atomic E-state index is 0.0299. The Kier molecular flexibility index (Phi) is 3.96. The molecule has 1 N–H and O–H groups in total.